The lowest BCUT2D eigenvalue weighted by atomic mass is 9.72. The summed E-state index contributed by atoms with van der Waals surface area (Å²) in [5.74, 6) is -1.57. The van der Waals surface area contributed by atoms with Gasteiger partial charge in [-0.25, -0.2) is 4.58 Å². The first-order chi connectivity index (χ1) is 20.7. The average Bonchev–Trinajstić information content (AvgIpc) is 3.00. The summed E-state index contributed by atoms with van der Waals surface area (Å²) in [4.78, 5) is 15.5. The molecule has 1 N–H and O–H groups in total. The molecule has 0 amide bonds. The number of para-hydroxylation sites is 2. The molecule has 0 bridgehead atoms. The Morgan fingerprint density at radius 3 is 1.98 bits per heavy atom. The normalized spacial score (nSPS) is 19.3. The number of fused-ring (bicyclic) bond motifs is 2. The molecule has 8 heteroatoms. The summed E-state index contributed by atoms with van der Waals surface area (Å²) < 4.78 is 34.3. The molecule has 1 unspecified atom stereocenters. The first-order valence-electron chi connectivity index (χ1n) is 15.3. The quantitative estimate of drug-likeness (QED) is 0.257. The highest BCUT2D eigenvalue weighted by Gasteiger charge is 2.38. The van der Waals surface area contributed by atoms with Crippen molar-refractivity contribution in [2.24, 2.45) is 11.8 Å². The Kier molecular flexibility index (Phi) is 9.47. The number of carbonyl (C=O) groups is 1. The summed E-state index contributed by atoms with van der Waals surface area (Å²) in [6.45, 7) is 6.76. The number of hydrogen-bond acceptors (Lipinski definition) is 5. The lowest BCUT2D eigenvalue weighted by Crippen LogP contribution is -2.41. The standard InChI is InChI=1S/C35H40N2O5S/c1-3-5-20-36(21-6-4-2)26-18-16-25(17-19-26)33-34(38)30(35(33)39)24-29-27-12-7-9-14-31(27)37(22-11-23-43(40,41)42)32-15-10-8-13-28(29)32/h7-10,12-19,24-25,33H,3-6,11,20-23H2,1-2H3,(H-,38,39,40,41,42). The van der Waals surface area contributed by atoms with E-state index in [4.69, 9.17) is 0 Å². The van der Waals surface area contributed by atoms with Gasteiger partial charge < -0.3 is 10.0 Å². The predicted octanol–water partition coefficient (Wildman–Crippen LogP) is 5.46. The maximum absolute atomic E-state index is 13.5. The molecule has 1 aliphatic heterocycles. The number of unbranched alkanes of at least 4 members (excludes halogenated alkanes) is 2. The molecular formula is C35H40N2O5S. The van der Waals surface area contributed by atoms with Crippen molar-refractivity contribution >= 4 is 38.6 Å². The van der Waals surface area contributed by atoms with Crippen LogP contribution in [0.25, 0.3) is 5.57 Å². The molecule has 7 nitrogen and oxygen atoms in total. The second-order valence-electron chi connectivity index (χ2n) is 11.4. The third kappa shape index (κ3) is 6.60. The highest BCUT2D eigenvalue weighted by Crippen LogP contribution is 2.47. The highest BCUT2D eigenvalue weighted by molar-refractivity contribution is 7.85. The van der Waals surface area contributed by atoms with Gasteiger partial charge in [-0.15, -0.1) is 5.76 Å². The van der Waals surface area contributed by atoms with Crippen molar-refractivity contribution in [1.82, 2.24) is 0 Å². The lowest BCUT2D eigenvalue weighted by molar-refractivity contribution is -0.527. The van der Waals surface area contributed by atoms with E-state index in [1.807, 2.05) is 65.6 Å². The van der Waals surface area contributed by atoms with E-state index in [2.05, 4.69) is 30.6 Å². The number of allylic oxidation sites excluding steroid dienone is 7. The van der Waals surface area contributed by atoms with Crippen LogP contribution in [-0.2, 0) is 14.9 Å². The summed E-state index contributed by atoms with van der Waals surface area (Å²) >= 11 is 0. The van der Waals surface area contributed by atoms with Gasteiger partial charge in [-0.2, -0.15) is 8.42 Å². The fraction of sp³-hybridized carbons (Fsp3) is 0.371. The van der Waals surface area contributed by atoms with Crippen molar-refractivity contribution in [2.75, 3.05) is 30.3 Å². The number of nitrogens with zero attached hydrogens (tertiary/aromatic N) is 2. The van der Waals surface area contributed by atoms with Crippen LogP contribution in [0.15, 0.2) is 90.2 Å². The van der Waals surface area contributed by atoms with E-state index in [1.165, 1.54) is 0 Å². The maximum Gasteiger partial charge on any atom is 0.264 e. The average molecular weight is 601 g/mol. The Balaban J connectivity index is 1.43. The molecule has 2 aliphatic carbocycles. The molecule has 226 valence electrons. The van der Waals surface area contributed by atoms with Crippen LogP contribution >= 0.6 is 0 Å². The van der Waals surface area contributed by atoms with Crippen LogP contribution in [0.1, 0.15) is 57.1 Å². The molecule has 0 radical (unpaired) electrons. The SMILES string of the molecule is CCCC[N+](CCCC)=C1C=CC(C2C(=O)C(C=C3c4ccccc4N(CCCS(=O)(=O)O)c4ccccc43)=C2[O-])C=C1. The van der Waals surface area contributed by atoms with Gasteiger partial charge in [0, 0.05) is 71.4 Å². The van der Waals surface area contributed by atoms with Crippen molar-refractivity contribution in [3.63, 3.8) is 0 Å². The Labute approximate surface area is 255 Å². The Hall–Kier alpha value is -3.75. The fourth-order valence-corrected chi connectivity index (χ4v) is 6.62. The second-order valence-corrected chi connectivity index (χ2v) is 13.0. The zero-order chi connectivity index (χ0) is 30.6. The van der Waals surface area contributed by atoms with Gasteiger partial charge in [0.1, 0.15) is 13.1 Å². The third-order valence-corrected chi connectivity index (χ3v) is 9.23. The van der Waals surface area contributed by atoms with Crippen LogP contribution in [0, 0.1) is 11.8 Å². The van der Waals surface area contributed by atoms with Gasteiger partial charge in [-0.05, 0) is 30.2 Å². The van der Waals surface area contributed by atoms with Crippen LogP contribution in [0.3, 0.4) is 0 Å². The van der Waals surface area contributed by atoms with E-state index in [0.29, 0.717) is 6.54 Å². The number of hydrogen-bond donors (Lipinski definition) is 1. The summed E-state index contributed by atoms with van der Waals surface area (Å²) in [6, 6.07) is 15.4. The fourth-order valence-electron chi connectivity index (χ4n) is 6.12. The number of Topliss-reactive ketones (excluding diaryl/α,β-unsaturated/α-hetero) is 1. The lowest BCUT2D eigenvalue weighted by Gasteiger charge is -2.40. The van der Waals surface area contributed by atoms with Gasteiger partial charge in [0.25, 0.3) is 10.1 Å². The highest BCUT2D eigenvalue weighted by atomic mass is 32.2. The Morgan fingerprint density at radius 1 is 0.907 bits per heavy atom. The number of carbonyl (C=O) groups excluding carboxylic acids is 1. The second kappa shape index (κ2) is 13.3. The minimum Gasteiger partial charge on any atom is -0.874 e. The minimum atomic E-state index is -4.07. The largest absolute Gasteiger partial charge is 0.874 e. The van der Waals surface area contributed by atoms with Crippen LogP contribution in [0.5, 0.6) is 0 Å². The van der Waals surface area contributed by atoms with Crippen molar-refractivity contribution in [3.8, 4) is 0 Å². The molecule has 5 rings (SSSR count). The van der Waals surface area contributed by atoms with Gasteiger partial charge in [0.05, 0.1) is 5.75 Å². The monoisotopic (exact) mass is 600 g/mol. The molecule has 0 saturated heterocycles. The molecule has 2 aromatic carbocycles. The molecule has 0 spiro atoms. The van der Waals surface area contributed by atoms with E-state index >= 15 is 0 Å². The summed E-state index contributed by atoms with van der Waals surface area (Å²) in [5.41, 5.74) is 5.59. The van der Waals surface area contributed by atoms with Gasteiger partial charge >= 0.3 is 0 Å². The first kappa shape index (κ1) is 30.7. The minimum absolute atomic E-state index is 0.139. The van der Waals surface area contributed by atoms with E-state index in [9.17, 15) is 22.9 Å². The van der Waals surface area contributed by atoms with E-state index in [0.717, 1.165) is 72.6 Å². The van der Waals surface area contributed by atoms with Crippen molar-refractivity contribution in [2.45, 2.75) is 46.0 Å². The smallest absolute Gasteiger partial charge is 0.264 e. The van der Waals surface area contributed by atoms with E-state index in [1.54, 1.807) is 6.08 Å². The van der Waals surface area contributed by atoms with Crippen molar-refractivity contribution < 1.29 is 27.4 Å². The molecule has 2 aromatic rings. The molecule has 43 heavy (non-hydrogen) atoms. The first-order valence-corrected chi connectivity index (χ1v) is 16.9. The van der Waals surface area contributed by atoms with Gasteiger partial charge in [0.15, 0.2) is 11.5 Å². The summed E-state index contributed by atoms with van der Waals surface area (Å²) in [6.07, 6.45) is 14.6. The molecule has 1 heterocycles. The van der Waals surface area contributed by atoms with Crippen LogP contribution in [-0.4, -0.2) is 54.4 Å². The summed E-state index contributed by atoms with van der Waals surface area (Å²) in [7, 11) is -4.07. The number of anilines is 2. The van der Waals surface area contributed by atoms with Crippen LogP contribution < -0.4 is 10.0 Å². The molecule has 0 aromatic heterocycles. The topological polar surface area (TPSA) is 101 Å². The van der Waals surface area contributed by atoms with Crippen molar-refractivity contribution in [3.05, 3.63) is 101 Å². The van der Waals surface area contributed by atoms with E-state index in [-0.39, 0.29) is 35.2 Å². The molecule has 1 atom stereocenters. The maximum atomic E-state index is 13.5. The number of ketones is 1. The molecule has 0 saturated carbocycles. The number of benzene rings is 2. The zero-order valence-corrected chi connectivity index (χ0v) is 25.7. The third-order valence-electron chi connectivity index (χ3n) is 8.43. The van der Waals surface area contributed by atoms with Gasteiger partial charge in [0.2, 0.25) is 0 Å². The van der Waals surface area contributed by atoms with E-state index < -0.39 is 16.0 Å². The predicted molar refractivity (Wildman–Crippen MR) is 170 cm³/mol. The van der Waals surface area contributed by atoms with Crippen LogP contribution in [0.2, 0.25) is 0 Å². The Morgan fingerprint density at radius 2 is 1.47 bits per heavy atom. The Bertz CT molecular complexity index is 1570. The van der Waals surface area contributed by atoms with Gasteiger partial charge in [-0.1, -0.05) is 75.2 Å². The number of rotatable bonds is 12. The van der Waals surface area contributed by atoms with Crippen molar-refractivity contribution in [1.29, 1.82) is 0 Å². The zero-order valence-electron chi connectivity index (χ0n) is 24.9. The molecule has 3 aliphatic rings. The molecular weight excluding hydrogens is 560 g/mol. The van der Waals surface area contributed by atoms with Gasteiger partial charge in [-0.3, -0.25) is 9.35 Å². The molecule has 0 fully saturated rings. The summed E-state index contributed by atoms with van der Waals surface area (Å²) in [5, 5.41) is 13.5. The van der Waals surface area contributed by atoms with Crippen LogP contribution in [0.4, 0.5) is 11.4 Å².